The van der Waals surface area contributed by atoms with Gasteiger partial charge in [0.05, 0.1) is 19.8 Å². The predicted molar refractivity (Wildman–Crippen MR) is 201 cm³/mol. The predicted octanol–water partition coefficient (Wildman–Crippen LogP) is 9.25. The van der Waals surface area contributed by atoms with E-state index in [1.165, 1.54) is 78.3 Å². The topological polar surface area (TPSA) is 83.2 Å². The first-order valence-electron chi connectivity index (χ1n) is 19.4. The molecule has 0 saturated carbocycles. The molecular formula is C42H71NO5. The smallest absolute Gasteiger partial charge is 0.123 e. The van der Waals surface area contributed by atoms with Crippen LogP contribution in [0.4, 0.5) is 0 Å². The summed E-state index contributed by atoms with van der Waals surface area (Å²) in [4.78, 5) is 0. The van der Waals surface area contributed by atoms with E-state index in [9.17, 15) is 0 Å². The molecule has 0 saturated heterocycles. The number of ether oxygens (including phenoxy) is 4. The second-order valence-corrected chi connectivity index (χ2v) is 13.5. The monoisotopic (exact) mass is 670 g/mol. The SMILES string of the molecule is CCCCOCCCCCCc1cc(CCc2cc(C)cc(CN)c2)cc(OCCCCCCCCO)c1CCCCCOCCOC. The van der Waals surface area contributed by atoms with E-state index in [1.54, 1.807) is 7.11 Å². The van der Waals surface area contributed by atoms with Crippen molar-refractivity contribution in [3.8, 4) is 5.75 Å². The molecule has 0 amide bonds. The Balaban J connectivity index is 2.13. The van der Waals surface area contributed by atoms with Gasteiger partial charge in [0.2, 0.25) is 0 Å². The molecule has 0 aliphatic heterocycles. The Bertz CT molecular complexity index is 1060. The van der Waals surface area contributed by atoms with Crippen molar-refractivity contribution in [1.29, 1.82) is 0 Å². The van der Waals surface area contributed by atoms with E-state index in [0.717, 1.165) is 109 Å². The van der Waals surface area contributed by atoms with Gasteiger partial charge in [0.15, 0.2) is 0 Å². The van der Waals surface area contributed by atoms with Gasteiger partial charge in [-0.05, 0) is 111 Å². The van der Waals surface area contributed by atoms with E-state index in [0.29, 0.717) is 26.4 Å². The molecule has 0 heterocycles. The number of hydrogen-bond donors (Lipinski definition) is 2. The summed E-state index contributed by atoms with van der Waals surface area (Å²) in [5.74, 6) is 1.11. The number of nitrogens with two attached hydrogens (primary N) is 1. The van der Waals surface area contributed by atoms with Gasteiger partial charge >= 0.3 is 0 Å². The lowest BCUT2D eigenvalue weighted by Gasteiger charge is -2.19. The maximum atomic E-state index is 9.07. The van der Waals surface area contributed by atoms with Crippen molar-refractivity contribution in [3.05, 3.63) is 63.7 Å². The molecule has 0 fully saturated rings. The van der Waals surface area contributed by atoms with Crippen LogP contribution in [-0.2, 0) is 46.4 Å². The second kappa shape index (κ2) is 28.8. The fourth-order valence-electron chi connectivity index (χ4n) is 6.30. The molecule has 0 aliphatic rings. The van der Waals surface area contributed by atoms with Crippen molar-refractivity contribution in [3.63, 3.8) is 0 Å². The Hall–Kier alpha value is -1.96. The van der Waals surface area contributed by atoms with Crippen molar-refractivity contribution in [2.45, 2.75) is 142 Å². The summed E-state index contributed by atoms with van der Waals surface area (Å²) in [7, 11) is 1.72. The van der Waals surface area contributed by atoms with Crippen LogP contribution >= 0.6 is 0 Å². The van der Waals surface area contributed by atoms with Gasteiger partial charge in [-0.2, -0.15) is 0 Å². The quantitative estimate of drug-likeness (QED) is 0.0756. The summed E-state index contributed by atoms with van der Waals surface area (Å²) in [6.45, 7) is 9.93. The average Bonchev–Trinajstić information content (AvgIpc) is 3.09. The number of benzene rings is 2. The molecule has 0 atom stereocenters. The zero-order valence-electron chi connectivity index (χ0n) is 31.1. The normalized spacial score (nSPS) is 11.4. The van der Waals surface area contributed by atoms with Gasteiger partial charge in [0, 0.05) is 40.1 Å². The Kier molecular flexibility index (Phi) is 25.4. The minimum Gasteiger partial charge on any atom is -0.493 e. The average molecular weight is 670 g/mol. The minimum atomic E-state index is 0.303. The fourth-order valence-corrected chi connectivity index (χ4v) is 6.30. The standard InChI is InChI=1S/C42H71NO5/c1-4-5-24-46-25-16-11-8-13-19-40-33-38(22-21-37-30-36(2)31-39(32-37)35-43)34-42(48-27-18-10-7-6-9-15-23-44)41(40)20-14-12-17-26-47-29-28-45-3/h30-34,44H,4-29,35,43H2,1-3H3. The maximum absolute atomic E-state index is 9.07. The second-order valence-electron chi connectivity index (χ2n) is 13.5. The Labute approximate surface area is 294 Å². The molecule has 48 heavy (non-hydrogen) atoms. The van der Waals surface area contributed by atoms with Gasteiger partial charge in [-0.3, -0.25) is 0 Å². The molecule has 274 valence electrons. The molecule has 6 nitrogen and oxygen atoms in total. The molecule has 0 spiro atoms. The van der Waals surface area contributed by atoms with Crippen molar-refractivity contribution >= 4 is 0 Å². The first kappa shape index (κ1) is 42.2. The summed E-state index contributed by atoms with van der Waals surface area (Å²) in [6, 6.07) is 11.6. The summed E-state index contributed by atoms with van der Waals surface area (Å²) in [5, 5.41) is 9.07. The molecule has 3 N–H and O–H groups in total. The minimum absolute atomic E-state index is 0.303. The molecule has 2 aromatic rings. The molecule has 0 aromatic heterocycles. The summed E-state index contributed by atoms with van der Waals surface area (Å²) in [5.41, 5.74) is 14.1. The molecule has 6 heteroatoms. The van der Waals surface area contributed by atoms with Crippen LogP contribution in [0.5, 0.6) is 5.75 Å². The van der Waals surface area contributed by atoms with Gasteiger partial charge in [0.1, 0.15) is 5.75 Å². The zero-order chi connectivity index (χ0) is 34.5. The number of unbranched alkanes of at least 4 members (excludes halogenated alkanes) is 11. The highest BCUT2D eigenvalue weighted by molar-refractivity contribution is 5.45. The summed E-state index contributed by atoms with van der Waals surface area (Å²) in [6.07, 6.45) is 21.3. The number of rotatable bonds is 32. The molecule has 0 unspecified atom stereocenters. The van der Waals surface area contributed by atoms with Crippen molar-refractivity contribution in [2.24, 2.45) is 5.73 Å². The molecule has 0 bridgehead atoms. The van der Waals surface area contributed by atoms with Gasteiger partial charge in [0.25, 0.3) is 0 Å². The zero-order valence-corrected chi connectivity index (χ0v) is 31.1. The van der Waals surface area contributed by atoms with E-state index >= 15 is 0 Å². The lowest BCUT2D eigenvalue weighted by Crippen LogP contribution is -2.07. The third-order valence-corrected chi connectivity index (χ3v) is 9.08. The summed E-state index contributed by atoms with van der Waals surface area (Å²) < 4.78 is 23.3. The number of aliphatic hydroxyl groups is 1. The highest BCUT2D eigenvalue weighted by Crippen LogP contribution is 2.30. The number of methoxy groups -OCH3 is 1. The molecule has 0 aliphatic carbocycles. The van der Waals surface area contributed by atoms with E-state index < -0.39 is 0 Å². The van der Waals surface area contributed by atoms with Crippen LogP contribution in [0, 0.1) is 6.92 Å². The Morgan fingerprint density at radius 1 is 0.562 bits per heavy atom. The van der Waals surface area contributed by atoms with Crippen LogP contribution in [-0.4, -0.2) is 58.5 Å². The lowest BCUT2D eigenvalue weighted by atomic mass is 9.92. The van der Waals surface area contributed by atoms with Gasteiger partial charge in [-0.15, -0.1) is 0 Å². The van der Waals surface area contributed by atoms with Crippen LogP contribution in [0.25, 0.3) is 0 Å². The van der Waals surface area contributed by atoms with Crippen LogP contribution in [0.3, 0.4) is 0 Å². The number of aryl methyl sites for hydroxylation is 4. The third kappa shape index (κ3) is 19.9. The molecule has 2 aromatic carbocycles. The highest BCUT2D eigenvalue weighted by atomic mass is 16.5. The molecule has 0 radical (unpaired) electrons. The third-order valence-electron chi connectivity index (χ3n) is 9.08. The highest BCUT2D eigenvalue weighted by Gasteiger charge is 2.14. The first-order chi connectivity index (χ1) is 23.6. The Morgan fingerprint density at radius 2 is 1.15 bits per heavy atom. The van der Waals surface area contributed by atoms with Crippen LogP contribution in [0.15, 0.2) is 30.3 Å². The summed E-state index contributed by atoms with van der Waals surface area (Å²) >= 11 is 0. The lowest BCUT2D eigenvalue weighted by molar-refractivity contribution is 0.0686. The molecular weight excluding hydrogens is 598 g/mol. The van der Waals surface area contributed by atoms with E-state index in [2.05, 4.69) is 44.2 Å². The first-order valence-corrected chi connectivity index (χ1v) is 19.4. The van der Waals surface area contributed by atoms with Crippen molar-refractivity contribution in [2.75, 3.05) is 53.4 Å². The van der Waals surface area contributed by atoms with E-state index in [1.807, 2.05) is 0 Å². The van der Waals surface area contributed by atoms with Crippen LogP contribution in [0.1, 0.15) is 137 Å². The van der Waals surface area contributed by atoms with Crippen molar-refractivity contribution in [1.82, 2.24) is 0 Å². The largest absolute Gasteiger partial charge is 0.493 e. The van der Waals surface area contributed by atoms with Crippen LogP contribution in [0.2, 0.25) is 0 Å². The van der Waals surface area contributed by atoms with Gasteiger partial charge in [-0.25, -0.2) is 0 Å². The van der Waals surface area contributed by atoms with Crippen LogP contribution < -0.4 is 10.5 Å². The Morgan fingerprint density at radius 3 is 1.85 bits per heavy atom. The number of aliphatic hydroxyl groups excluding tert-OH is 1. The van der Waals surface area contributed by atoms with Gasteiger partial charge < -0.3 is 29.8 Å². The van der Waals surface area contributed by atoms with E-state index in [4.69, 9.17) is 29.8 Å². The van der Waals surface area contributed by atoms with Crippen molar-refractivity contribution < 1.29 is 24.1 Å². The molecule has 2 rings (SSSR count). The fraction of sp³-hybridized carbons (Fsp3) is 0.714. The number of hydrogen-bond acceptors (Lipinski definition) is 6. The van der Waals surface area contributed by atoms with Gasteiger partial charge in [-0.1, -0.05) is 88.1 Å². The maximum Gasteiger partial charge on any atom is 0.123 e. The van der Waals surface area contributed by atoms with E-state index in [-0.39, 0.29) is 0 Å².